The van der Waals surface area contributed by atoms with Crippen molar-refractivity contribution in [3.63, 3.8) is 0 Å². The van der Waals surface area contributed by atoms with E-state index in [4.69, 9.17) is 0 Å². The van der Waals surface area contributed by atoms with Crippen LogP contribution in [0.1, 0.15) is 71.6 Å². The number of hydrogen-bond donors (Lipinski definition) is 1. The van der Waals surface area contributed by atoms with E-state index in [-0.39, 0.29) is 0 Å². The van der Waals surface area contributed by atoms with Gasteiger partial charge in [-0.1, -0.05) is 60.9 Å². The molecule has 1 nitrogen and oxygen atoms in total. The molecular formula is C13H27BrO. The average molecular weight is 279 g/mol. The molecule has 0 aromatic carbocycles. The highest BCUT2D eigenvalue weighted by Gasteiger charge is 2.10. The zero-order valence-electron chi connectivity index (χ0n) is 10.4. The van der Waals surface area contributed by atoms with Crippen LogP contribution in [0.3, 0.4) is 0 Å². The highest BCUT2D eigenvalue weighted by Crippen LogP contribution is 2.15. The summed E-state index contributed by atoms with van der Waals surface area (Å²) < 4.78 is 0. The van der Waals surface area contributed by atoms with Crippen molar-refractivity contribution in [3.05, 3.63) is 0 Å². The molecule has 0 spiro atoms. The third-order valence-electron chi connectivity index (χ3n) is 2.67. The van der Waals surface area contributed by atoms with Crippen LogP contribution in [0.2, 0.25) is 0 Å². The number of hydrogen-bond acceptors (Lipinski definition) is 1. The van der Waals surface area contributed by atoms with E-state index < -0.39 is 5.60 Å². The molecule has 0 radical (unpaired) electrons. The molecule has 0 aromatic rings. The maximum absolute atomic E-state index is 9.51. The summed E-state index contributed by atoms with van der Waals surface area (Å²) in [5, 5.41) is 10.7. The Labute approximate surface area is 104 Å². The van der Waals surface area contributed by atoms with Crippen LogP contribution >= 0.6 is 15.9 Å². The number of unbranched alkanes of at least 4 members (excludes halogenated alkanes) is 7. The fraction of sp³-hybridized carbons (Fsp3) is 1.00. The lowest BCUT2D eigenvalue weighted by Gasteiger charge is -2.16. The maximum Gasteiger partial charge on any atom is 0.0591 e. The van der Waals surface area contributed by atoms with Crippen molar-refractivity contribution in [2.45, 2.75) is 77.2 Å². The number of halogens is 1. The van der Waals surface area contributed by atoms with Gasteiger partial charge >= 0.3 is 0 Å². The van der Waals surface area contributed by atoms with Crippen LogP contribution in [0, 0.1) is 0 Å². The molecule has 0 aliphatic heterocycles. The Bertz CT molecular complexity index is 129. The monoisotopic (exact) mass is 278 g/mol. The molecule has 0 fully saturated rings. The van der Waals surface area contributed by atoms with E-state index >= 15 is 0 Å². The van der Waals surface area contributed by atoms with E-state index in [9.17, 15) is 5.11 Å². The fourth-order valence-corrected chi connectivity index (χ4v) is 2.11. The topological polar surface area (TPSA) is 20.2 Å². The van der Waals surface area contributed by atoms with Crippen molar-refractivity contribution in [2.75, 3.05) is 5.33 Å². The van der Waals surface area contributed by atoms with Crippen molar-refractivity contribution in [2.24, 2.45) is 0 Å². The molecule has 0 amide bonds. The Morgan fingerprint density at radius 1 is 0.800 bits per heavy atom. The Morgan fingerprint density at radius 3 is 1.60 bits per heavy atom. The van der Waals surface area contributed by atoms with Gasteiger partial charge in [0.05, 0.1) is 5.60 Å². The first-order valence-corrected chi connectivity index (χ1v) is 7.47. The Balaban J connectivity index is 2.99. The lowest BCUT2D eigenvalue weighted by atomic mass is 9.99. The first-order chi connectivity index (χ1) is 7.06. The lowest BCUT2D eigenvalue weighted by Crippen LogP contribution is -2.17. The van der Waals surface area contributed by atoms with E-state index in [0.717, 1.165) is 11.8 Å². The number of aliphatic hydroxyl groups is 1. The molecule has 1 N–H and O–H groups in total. The standard InChI is InChI=1S/C13H27BrO/c1-13(2,15)11-9-7-5-3-4-6-8-10-12-14/h15H,3-12H2,1-2H3. The molecule has 0 saturated heterocycles. The maximum atomic E-state index is 9.51. The van der Waals surface area contributed by atoms with Crippen LogP contribution in [-0.2, 0) is 0 Å². The summed E-state index contributed by atoms with van der Waals surface area (Å²) in [5.41, 5.74) is -0.462. The van der Waals surface area contributed by atoms with Gasteiger partial charge in [-0.3, -0.25) is 0 Å². The van der Waals surface area contributed by atoms with Gasteiger partial charge in [0.1, 0.15) is 0 Å². The van der Waals surface area contributed by atoms with E-state index in [1.165, 1.54) is 51.4 Å². The summed E-state index contributed by atoms with van der Waals surface area (Å²) in [6.07, 6.45) is 11.6. The van der Waals surface area contributed by atoms with Crippen LogP contribution in [0.4, 0.5) is 0 Å². The quantitative estimate of drug-likeness (QED) is 0.455. The first kappa shape index (κ1) is 15.4. The molecular weight excluding hydrogens is 252 g/mol. The van der Waals surface area contributed by atoms with Gasteiger partial charge in [0.15, 0.2) is 0 Å². The molecule has 0 heterocycles. The van der Waals surface area contributed by atoms with Gasteiger partial charge in [-0.05, 0) is 26.7 Å². The number of alkyl halides is 1. The van der Waals surface area contributed by atoms with E-state index in [2.05, 4.69) is 15.9 Å². The van der Waals surface area contributed by atoms with Gasteiger partial charge in [-0.15, -0.1) is 0 Å². The molecule has 0 saturated carbocycles. The van der Waals surface area contributed by atoms with Gasteiger partial charge in [0, 0.05) is 5.33 Å². The van der Waals surface area contributed by atoms with Crippen molar-refractivity contribution in [1.82, 2.24) is 0 Å². The third-order valence-corrected chi connectivity index (χ3v) is 3.23. The molecule has 0 aliphatic carbocycles. The Kier molecular flexibility index (Phi) is 9.93. The van der Waals surface area contributed by atoms with Crippen LogP contribution in [0.25, 0.3) is 0 Å². The third kappa shape index (κ3) is 14.4. The lowest BCUT2D eigenvalue weighted by molar-refractivity contribution is 0.0680. The predicted octanol–water partition coefficient (Wildman–Crippen LogP) is 4.66. The minimum atomic E-state index is -0.462. The zero-order chi connectivity index (χ0) is 11.6. The van der Waals surface area contributed by atoms with Crippen molar-refractivity contribution >= 4 is 15.9 Å². The zero-order valence-corrected chi connectivity index (χ0v) is 12.0. The summed E-state index contributed by atoms with van der Waals surface area (Å²) >= 11 is 3.45. The average Bonchev–Trinajstić information content (AvgIpc) is 2.14. The van der Waals surface area contributed by atoms with Crippen LogP contribution < -0.4 is 0 Å². The molecule has 15 heavy (non-hydrogen) atoms. The minimum absolute atomic E-state index is 0.462. The molecule has 0 unspecified atom stereocenters. The molecule has 92 valence electrons. The normalized spacial score (nSPS) is 12.0. The molecule has 0 aliphatic rings. The molecule has 0 atom stereocenters. The Morgan fingerprint density at radius 2 is 1.20 bits per heavy atom. The summed E-state index contributed by atoms with van der Waals surface area (Å²) in [5.74, 6) is 0. The molecule has 0 rings (SSSR count). The SMILES string of the molecule is CC(C)(O)CCCCCCCCCCBr. The van der Waals surface area contributed by atoms with Crippen molar-refractivity contribution in [3.8, 4) is 0 Å². The van der Waals surface area contributed by atoms with E-state index in [1.807, 2.05) is 13.8 Å². The second-order valence-corrected chi connectivity index (χ2v) is 5.87. The fourth-order valence-electron chi connectivity index (χ4n) is 1.71. The minimum Gasteiger partial charge on any atom is -0.390 e. The largest absolute Gasteiger partial charge is 0.390 e. The summed E-state index contributed by atoms with van der Waals surface area (Å²) in [7, 11) is 0. The van der Waals surface area contributed by atoms with Crippen LogP contribution in [-0.4, -0.2) is 16.0 Å². The highest BCUT2D eigenvalue weighted by molar-refractivity contribution is 9.09. The van der Waals surface area contributed by atoms with E-state index in [0.29, 0.717) is 0 Å². The van der Waals surface area contributed by atoms with E-state index in [1.54, 1.807) is 0 Å². The summed E-state index contributed by atoms with van der Waals surface area (Å²) in [6, 6.07) is 0. The van der Waals surface area contributed by atoms with Gasteiger partial charge < -0.3 is 5.11 Å². The van der Waals surface area contributed by atoms with Gasteiger partial charge in [0.25, 0.3) is 0 Å². The molecule has 0 bridgehead atoms. The summed E-state index contributed by atoms with van der Waals surface area (Å²) in [4.78, 5) is 0. The number of rotatable bonds is 10. The summed E-state index contributed by atoms with van der Waals surface area (Å²) in [6.45, 7) is 3.79. The second-order valence-electron chi connectivity index (χ2n) is 5.08. The first-order valence-electron chi connectivity index (χ1n) is 6.34. The van der Waals surface area contributed by atoms with Gasteiger partial charge in [-0.25, -0.2) is 0 Å². The molecule has 0 aromatic heterocycles. The van der Waals surface area contributed by atoms with Crippen molar-refractivity contribution in [1.29, 1.82) is 0 Å². The highest BCUT2D eigenvalue weighted by atomic mass is 79.9. The van der Waals surface area contributed by atoms with Crippen LogP contribution in [0.5, 0.6) is 0 Å². The van der Waals surface area contributed by atoms with Gasteiger partial charge in [0.2, 0.25) is 0 Å². The van der Waals surface area contributed by atoms with Crippen molar-refractivity contribution < 1.29 is 5.11 Å². The predicted molar refractivity (Wildman–Crippen MR) is 71.6 cm³/mol. The van der Waals surface area contributed by atoms with Gasteiger partial charge in [-0.2, -0.15) is 0 Å². The Hall–Kier alpha value is 0.440. The molecule has 2 heteroatoms. The smallest absolute Gasteiger partial charge is 0.0591 e. The van der Waals surface area contributed by atoms with Crippen LogP contribution in [0.15, 0.2) is 0 Å². The second kappa shape index (κ2) is 9.65.